The van der Waals surface area contributed by atoms with Crippen LogP contribution in [0, 0.1) is 16.4 Å². The van der Waals surface area contributed by atoms with Crippen LogP contribution in [-0.4, -0.2) is 9.97 Å². The number of nitrogens with zero attached hydrogens (tertiary/aromatic N) is 1. The molecule has 1 aromatic carbocycles. The summed E-state index contributed by atoms with van der Waals surface area (Å²) in [6.07, 6.45) is 0.934. The van der Waals surface area contributed by atoms with Crippen LogP contribution >= 0.6 is 39.7 Å². The third-order valence-electron chi connectivity index (χ3n) is 2.07. The molecule has 0 aliphatic rings. The Hall–Kier alpha value is -0.850. The van der Waals surface area contributed by atoms with Crippen LogP contribution in [0.25, 0.3) is 11.3 Å². The lowest BCUT2D eigenvalue weighted by Gasteiger charge is -2.07. The van der Waals surface area contributed by atoms with Gasteiger partial charge < -0.3 is 4.98 Å². The molecule has 0 atom stereocenters. The van der Waals surface area contributed by atoms with Gasteiger partial charge in [0.1, 0.15) is 0 Å². The minimum Gasteiger partial charge on any atom is -0.328 e. The van der Waals surface area contributed by atoms with Gasteiger partial charge in [0.25, 0.3) is 0 Å². The predicted octanol–water partition coefficient (Wildman–Crippen LogP) is 4.50. The topological polar surface area (TPSA) is 28.7 Å². The molecule has 0 aliphatic carbocycles. The van der Waals surface area contributed by atoms with E-state index in [1.54, 1.807) is 0 Å². The zero-order valence-corrected chi connectivity index (χ0v) is 11.3. The van der Waals surface area contributed by atoms with Gasteiger partial charge in [0.15, 0.2) is 16.4 Å². The Morgan fingerprint density at radius 3 is 2.76 bits per heavy atom. The second-order valence-electron chi connectivity index (χ2n) is 3.13. The fraction of sp³-hybridized carbons (Fsp3) is 0. The molecule has 7 heteroatoms. The van der Waals surface area contributed by atoms with Crippen LogP contribution in [0.2, 0.25) is 5.02 Å². The standard InChI is InChI=1S/C10H4BrClF2N2S/c11-5-2-1-4(8(14)7(5)12)9-6(13)3-15-10(17)16-9/h1-3H,(H,15,16,17). The minimum absolute atomic E-state index is 0.00389. The van der Waals surface area contributed by atoms with E-state index in [2.05, 4.69) is 25.9 Å². The van der Waals surface area contributed by atoms with Gasteiger partial charge in [-0.05, 0) is 40.3 Å². The number of H-pyrrole nitrogens is 1. The second-order valence-corrected chi connectivity index (χ2v) is 4.75. The molecule has 0 saturated heterocycles. The Morgan fingerprint density at radius 2 is 2.06 bits per heavy atom. The lowest BCUT2D eigenvalue weighted by atomic mass is 10.1. The Morgan fingerprint density at radius 1 is 1.35 bits per heavy atom. The van der Waals surface area contributed by atoms with Crippen molar-refractivity contribution in [2.75, 3.05) is 0 Å². The van der Waals surface area contributed by atoms with E-state index in [9.17, 15) is 8.78 Å². The van der Waals surface area contributed by atoms with Gasteiger partial charge in [-0.1, -0.05) is 11.6 Å². The molecular weight excluding hydrogens is 334 g/mol. The first-order valence-electron chi connectivity index (χ1n) is 4.39. The molecule has 0 aliphatic heterocycles. The third-order valence-corrected chi connectivity index (χ3v) is 3.54. The van der Waals surface area contributed by atoms with Crippen LogP contribution in [0.5, 0.6) is 0 Å². The highest BCUT2D eigenvalue weighted by atomic mass is 79.9. The maximum absolute atomic E-state index is 13.9. The van der Waals surface area contributed by atoms with Crippen molar-refractivity contribution in [2.45, 2.75) is 0 Å². The summed E-state index contributed by atoms with van der Waals surface area (Å²) in [7, 11) is 0. The summed E-state index contributed by atoms with van der Waals surface area (Å²) in [5.41, 5.74) is -0.0684. The molecule has 1 N–H and O–H groups in total. The first-order valence-corrected chi connectivity index (χ1v) is 5.97. The summed E-state index contributed by atoms with van der Waals surface area (Å²) in [6, 6.07) is 2.92. The molecule has 1 aromatic heterocycles. The van der Waals surface area contributed by atoms with Gasteiger partial charge >= 0.3 is 0 Å². The summed E-state index contributed by atoms with van der Waals surface area (Å²) in [5.74, 6) is -1.42. The quantitative estimate of drug-likeness (QED) is 0.613. The van der Waals surface area contributed by atoms with Crippen molar-refractivity contribution in [2.24, 2.45) is 0 Å². The maximum Gasteiger partial charge on any atom is 0.197 e. The molecular formula is C10H4BrClF2N2S. The van der Waals surface area contributed by atoms with Crippen molar-refractivity contribution < 1.29 is 8.78 Å². The Labute approximate surface area is 114 Å². The fourth-order valence-electron chi connectivity index (χ4n) is 1.29. The summed E-state index contributed by atoms with van der Waals surface area (Å²) in [5, 5.41) is -0.113. The van der Waals surface area contributed by atoms with Gasteiger partial charge in [0.05, 0.1) is 16.9 Å². The maximum atomic E-state index is 13.9. The van der Waals surface area contributed by atoms with Crippen LogP contribution in [0.4, 0.5) is 8.78 Å². The molecule has 88 valence electrons. The van der Waals surface area contributed by atoms with Crippen molar-refractivity contribution in [1.82, 2.24) is 9.97 Å². The number of benzene rings is 1. The lowest BCUT2D eigenvalue weighted by molar-refractivity contribution is 0.605. The highest BCUT2D eigenvalue weighted by Crippen LogP contribution is 2.32. The van der Waals surface area contributed by atoms with E-state index in [0.717, 1.165) is 6.20 Å². The number of hydrogen-bond donors (Lipinski definition) is 1. The number of aromatic nitrogens is 2. The molecule has 0 saturated carbocycles. The minimum atomic E-state index is -0.725. The zero-order chi connectivity index (χ0) is 12.6. The van der Waals surface area contributed by atoms with Crippen molar-refractivity contribution in [3.63, 3.8) is 0 Å². The number of nitrogens with one attached hydrogen (secondary N) is 1. The van der Waals surface area contributed by atoms with E-state index in [1.165, 1.54) is 12.1 Å². The van der Waals surface area contributed by atoms with Crippen LogP contribution in [-0.2, 0) is 0 Å². The van der Waals surface area contributed by atoms with Gasteiger partial charge in [0, 0.05) is 10.0 Å². The van der Waals surface area contributed by atoms with Gasteiger partial charge in [-0.2, -0.15) is 0 Å². The summed E-state index contributed by atoms with van der Waals surface area (Å²) in [6.45, 7) is 0. The molecule has 0 amide bonds. The van der Waals surface area contributed by atoms with Crippen molar-refractivity contribution in [1.29, 1.82) is 0 Å². The molecule has 0 radical (unpaired) electrons. The van der Waals surface area contributed by atoms with Crippen molar-refractivity contribution in [3.8, 4) is 11.3 Å². The molecule has 1 heterocycles. The molecule has 0 bridgehead atoms. The lowest BCUT2D eigenvalue weighted by Crippen LogP contribution is -1.95. The molecule has 0 unspecified atom stereocenters. The number of aromatic amines is 1. The third kappa shape index (κ3) is 2.38. The highest BCUT2D eigenvalue weighted by molar-refractivity contribution is 9.10. The molecule has 0 spiro atoms. The zero-order valence-electron chi connectivity index (χ0n) is 8.10. The predicted molar refractivity (Wildman–Crippen MR) is 67.5 cm³/mol. The molecule has 2 aromatic rings. The highest BCUT2D eigenvalue weighted by Gasteiger charge is 2.15. The first-order chi connectivity index (χ1) is 8.00. The van der Waals surface area contributed by atoms with Crippen LogP contribution < -0.4 is 0 Å². The van der Waals surface area contributed by atoms with Gasteiger partial charge in [0.2, 0.25) is 0 Å². The van der Waals surface area contributed by atoms with E-state index in [0.29, 0.717) is 4.47 Å². The average molecular weight is 338 g/mol. The van der Waals surface area contributed by atoms with Crippen molar-refractivity contribution >= 4 is 39.7 Å². The van der Waals surface area contributed by atoms with Gasteiger partial charge in [-0.15, -0.1) is 0 Å². The number of halogens is 4. The molecule has 2 nitrogen and oxygen atoms in total. The van der Waals surface area contributed by atoms with Crippen LogP contribution in [0.3, 0.4) is 0 Å². The summed E-state index contributed by atoms with van der Waals surface area (Å²) >= 11 is 13.6. The molecule has 0 fully saturated rings. The van der Waals surface area contributed by atoms with E-state index >= 15 is 0 Å². The smallest absolute Gasteiger partial charge is 0.197 e. The average Bonchev–Trinajstić information content (AvgIpc) is 2.30. The van der Waals surface area contributed by atoms with Crippen molar-refractivity contribution in [3.05, 3.63) is 44.2 Å². The Kier molecular flexibility index (Phi) is 3.56. The van der Waals surface area contributed by atoms with Crippen LogP contribution in [0.1, 0.15) is 0 Å². The first kappa shape index (κ1) is 12.6. The van der Waals surface area contributed by atoms with Crippen LogP contribution in [0.15, 0.2) is 22.8 Å². The normalized spacial score (nSPS) is 10.6. The molecule has 17 heavy (non-hydrogen) atoms. The largest absolute Gasteiger partial charge is 0.328 e. The molecule has 2 rings (SSSR count). The van der Waals surface area contributed by atoms with E-state index in [4.69, 9.17) is 23.8 Å². The van der Waals surface area contributed by atoms with Gasteiger partial charge in [-0.25, -0.2) is 13.8 Å². The number of rotatable bonds is 1. The summed E-state index contributed by atoms with van der Waals surface area (Å²) < 4.78 is 27.8. The SMILES string of the molecule is Fc1cnc(=S)[nH]c1-c1ccc(Br)c(Cl)c1F. The number of hydrogen-bond acceptors (Lipinski definition) is 2. The monoisotopic (exact) mass is 336 g/mol. The van der Waals surface area contributed by atoms with Gasteiger partial charge in [-0.3, -0.25) is 0 Å². The Bertz CT molecular complexity index is 645. The van der Waals surface area contributed by atoms with E-state index in [-0.39, 0.29) is 21.1 Å². The Balaban J connectivity index is 2.73. The second kappa shape index (κ2) is 4.80. The van der Waals surface area contributed by atoms with E-state index < -0.39 is 11.6 Å². The fourth-order valence-corrected chi connectivity index (χ4v) is 1.92. The van der Waals surface area contributed by atoms with E-state index in [1.807, 2.05) is 0 Å². The summed E-state index contributed by atoms with van der Waals surface area (Å²) in [4.78, 5) is 6.05.